The van der Waals surface area contributed by atoms with Crippen molar-refractivity contribution < 1.29 is 40.2 Å². The average Bonchev–Trinajstić information content (AvgIpc) is 2.76. The second-order valence-corrected chi connectivity index (χ2v) is 8.40. The Bertz CT molecular complexity index is 968. The van der Waals surface area contributed by atoms with Crippen LogP contribution >= 0.6 is 0 Å². The van der Waals surface area contributed by atoms with Crippen LogP contribution in [0, 0.1) is 17.6 Å². The van der Waals surface area contributed by atoms with E-state index in [0.29, 0.717) is 18.1 Å². The Morgan fingerprint density at radius 2 is 1.47 bits per heavy atom. The molecule has 0 aliphatic heterocycles. The van der Waals surface area contributed by atoms with E-state index in [0.717, 1.165) is 38.2 Å². The van der Waals surface area contributed by atoms with Crippen LogP contribution in [0.15, 0.2) is 48.6 Å². The van der Waals surface area contributed by atoms with Gasteiger partial charge in [-0.3, -0.25) is 0 Å². The lowest BCUT2D eigenvalue weighted by Crippen LogP contribution is -2.21. The van der Waals surface area contributed by atoms with E-state index < -0.39 is 47.1 Å². The van der Waals surface area contributed by atoms with Crippen LogP contribution in [0.2, 0.25) is 0 Å². The fourth-order valence-corrected chi connectivity index (χ4v) is 4.25. The molecule has 0 radical (unpaired) electrons. The fourth-order valence-electron chi connectivity index (χ4n) is 4.25. The Morgan fingerprint density at radius 3 is 1.97 bits per heavy atom. The molecule has 1 fully saturated rings. The molecule has 1 saturated carbocycles. The molecule has 34 heavy (non-hydrogen) atoms. The summed E-state index contributed by atoms with van der Waals surface area (Å²) < 4.78 is 102. The van der Waals surface area contributed by atoms with Crippen molar-refractivity contribution in [3.63, 3.8) is 0 Å². The highest BCUT2D eigenvalue weighted by molar-refractivity contribution is 5.33. The van der Waals surface area contributed by atoms with Crippen molar-refractivity contribution in [3.8, 4) is 5.75 Å². The van der Waals surface area contributed by atoms with E-state index >= 15 is 0 Å². The zero-order chi connectivity index (χ0) is 25.1. The molecular weight excluding hydrogens is 465 g/mol. The number of allylic oxidation sites excluding steroid dienone is 2. The van der Waals surface area contributed by atoms with Gasteiger partial charge in [-0.25, -0.2) is 8.78 Å². The number of alkyl halides is 5. The molecule has 1 unspecified atom stereocenters. The number of halogens is 7. The highest BCUT2D eigenvalue weighted by Gasteiger charge is 2.37. The molecular formula is C25H25F7O2. The van der Waals surface area contributed by atoms with Gasteiger partial charge in [0.1, 0.15) is 0 Å². The van der Waals surface area contributed by atoms with E-state index in [1.165, 1.54) is 12.1 Å². The summed E-state index contributed by atoms with van der Waals surface area (Å²) in [6.45, 7) is 3.10. The SMILES string of the molecule is C/C=C/C1CCC(c2ccc(C(F)(F)OC(C)c3cc(F)c(OC(F)(F)F)c(F)c3)cc2)CC1. The molecule has 186 valence electrons. The van der Waals surface area contributed by atoms with Gasteiger partial charge in [0.2, 0.25) is 5.75 Å². The molecule has 0 saturated heterocycles. The highest BCUT2D eigenvalue weighted by atomic mass is 19.4. The number of benzene rings is 2. The van der Waals surface area contributed by atoms with Gasteiger partial charge in [-0.1, -0.05) is 36.4 Å². The maximum absolute atomic E-state index is 14.7. The molecule has 0 N–H and O–H groups in total. The predicted octanol–water partition coefficient (Wildman–Crippen LogP) is 8.54. The van der Waals surface area contributed by atoms with Crippen LogP contribution in [0.25, 0.3) is 0 Å². The second kappa shape index (κ2) is 10.4. The molecule has 2 aromatic rings. The molecule has 1 aliphatic rings. The van der Waals surface area contributed by atoms with Crippen LogP contribution < -0.4 is 4.74 Å². The lowest BCUT2D eigenvalue weighted by molar-refractivity contribution is -0.276. The van der Waals surface area contributed by atoms with Crippen LogP contribution in [0.4, 0.5) is 30.7 Å². The number of hydrogen-bond acceptors (Lipinski definition) is 2. The Morgan fingerprint density at radius 1 is 0.912 bits per heavy atom. The van der Waals surface area contributed by atoms with Crippen LogP contribution in [-0.2, 0) is 10.8 Å². The van der Waals surface area contributed by atoms with Crippen LogP contribution in [0.3, 0.4) is 0 Å². The van der Waals surface area contributed by atoms with Gasteiger partial charge in [0.15, 0.2) is 11.6 Å². The largest absolute Gasteiger partial charge is 0.573 e. The molecule has 3 rings (SSSR count). The van der Waals surface area contributed by atoms with E-state index in [1.54, 1.807) is 12.1 Å². The highest BCUT2D eigenvalue weighted by Crippen LogP contribution is 2.40. The maximum atomic E-state index is 14.7. The van der Waals surface area contributed by atoms with Gasteiger partial charge in [0.05, 0.1) is 11.7 Å². The van der Waals surface area contributed by atoms with Crippen molar-refractivity contribution in [2.45, 2.75) is 64.0 Å². The van der Waals surface area contributed by atoms with Crippen molar-refractivity contribution in [3.05, 3.63) is 76.9 Å². The minimum atomic E-state index is -5.31. The van der Waals surface area contributed by atoms with Gasteiger partial charge < -0.3 is 9.47 Å². The molecule has 2 aromatic carbocycles. The van der Waals surface area contributed by atoms with E-state index in [4.69, 9.17) is 4.74 Å². The first-order chi connectivity index (χ1) is 15.9. The summed E-state index contributed by atoms with van der Waals surface area (Å²) in [5.74, 6) is -4.19. The Hall–Kier alpha value is -2.55. The van der Waals surface area contributed by atoms with Gasteiger partial charge in [0, 0.05) is 0 Å². The number of hydrogen-bond donors (Lipinski definition) is 0. The zero-order valence-electron chi connectivity index (χ0n) is 18.6. The second-order valence-electron chi connectivity index (χ2n) is 8.40. The van der Waals surface area contributed by atoms with Gasteiger partial charge in [-0.05, 0) is 74.6 Å². The number of ether oxygens (including phenoxy) is 2. The average molecular weight is 490 g/mol. The van der Waals surface area contributed by atoms with Crippen molar-refractivity contribution in [2.75, 3.05) is 0 Å². The number of rotatable bonds is 7. The van der Waals surface area contributed by atoms with Crippen molar-refractivity contribution >= 4 is 0 Å². The summed E-state index contributed by atoms with van der Waals surface area (Å²) in [5, 5.41) is 0. The standard InChI is InChI=1S/C25H25F7O2/c1-3-4-16-5-7-17(8-6-16)18-9-11-20(12-10-18)24(28,29)33-15(2)19-13-21(26)23(22(27)14-19)34-25(30,31)32/h3-4,9-17H,5-8H2,1-2H3/b4-3+. The first-order valence-electron chi connectivity index (χ1n) is 10.9. The van der Waals surface area contributed by atoms with Crippen LogP contribution in [-0.4, -0.2) is 6.36 Å². The molecule has 1 atom stereocenters. The van der Waals surface area contributed by atoms with E-state index in [2.05, 4.69) is 10.8 Å². The minimum Gasteiger partial charge on any atom is -0.399 e. The summed E-state index contributed by atoms with van der Waals surface area (Å²) in [6.07, 6.45) is -2.41. The molecule has 0 amide bonds. The lowest BCUT2D eigenvalue weighted by Gasteiger charge is -2.27. The van der Waals surface area contributed by atoms with Gasteiger partial charge in [0.25, 0.3) is 0 Å². The van der Waals surface area contributed by atoms with E-state index in [9.17, 15) is 30.7 Å². The van der Waals surface area contributed by atoms with Crippen LogP contribution in [0.5, 0.6) is 5.75 Å². The van der Waals surface area contributed by atoms with Gasteiger partial charge in [-0.2, -0.15) is 8.78 Å². The minimum absolute atomic E-state index is 0.285. The smallest absolute Gasteiger partial charge is 0.399 e. The molecule has 0 bridgehead atoms. The maximum Gasteiger partial charge on any atom is 0.573 e. The third-order valence-corrected chi connectivity index (χ3v) is 5.99. The van der Waals surface area contributed by atoms with Crippen molar-refractivity contribution in [1.29, 1.82) is 0 Å². The predicted molar refractivity (Wildman–Crippen MR) is 112 cm³/mol. The topological polar surface area (TPSA) is 18.5 Å². The molecule has 0 spiro atoms. The van der Waals surface area contributed by atoms with Gasteiger partial charge in [-0.15, -0.1) is 13.2 Å². The third kappa shape index (κ3) is 6.52. The molecule has 0 heterocycles. The quantitative estimate of drug-likeness (QED) is 0.286. The third-order valence-electron chi connectivity index (χ3n) is 5.99. The monoisotopic (exact) mass is 490 g/mol. The summed E-state index contributed by atoms with van der Waals surface area (Å²) in [7, 11) is 0. The van der Waals surface area contributed by atoms with Crippen molar-refractivity contribution in [1.82, 2.24) is 0 Å². The summed E-state index contributed by atoms with van der Waals surface area (Å²) in [5.41, 5.74) is 0.110. The summed E-state index contributed by atoms with van der Waals surface area (Å²) in [4.78, 5) is 0. The Kier molecular flexibility index (Phi) is 7.95. The molecule has 9 heteroatoms. The van der Waals surface area contributed by atoms with Crippen LogP contribution in [0.1, 0.15) is 68.2 Å². The Labute approximate surface area is 193 Å². The fraction of sp³-hybridized carbons (Fsp3) is 0.440. The molecule has 1 aliphatic carbocycles. The normalized spacial score (nSPS) is 20.5. The molecule has 0 aromatic heterocycles. The molecule has 2 nitrogen and oxygen atoms in total. The first-order valence-corrected chi connectivity index (χ1v) is 10.9. The van der Waals surface area contributed by atoms with E-state index in [-0.39, 0.29) is 5.92 Å². The zero-order valence-corrected chi connectivity index (χ0v) is 18.6. The van der Waals surface area contributed by atoms with Gasteiger partial charge >= 0.3 is 12.5 Å². The van der Waals surface area contributed by atoms with Crippen molar-refractivity contribution in [2.24, 2.45) is 5.92 Å². The first kappa shape index (κ1) is 26.1. The van der Waals surface area contributed by atoms with E-state index in [1.807, 2.05) is 13.0 Å². The summed E-state index contributed by atoms with van der Waals surface area (Å²) in [6, 6.07) is 6.69. The summed E-state index contributed by atoms with van der Waals surface area (Å²) >= 11 is 0. The lowest BCUT2D eigenvalue weighted by atomic mass is 9.78. The Balaban J connectivity index is 1.68.